The van der Waals surface area contributed by atoms with Crippen LogP contribution in [0, 0.1) is 6.92 Å². The van der Waals surface area contributed by atoms with Crippen molar-refractivity contribution in [1.82, 2.24) is 9.97 Å². The van der Waals surface area contributed by atoms with Gasteiger partial charge in [-0.15, -0.1) is 0 Å². The first-order valence-corrected chi connectivity index (χ1v) is 6.24. The number of benzene rings is 1. The third kappa shape index (κ3) is 1.80. The Balaban J connectivity index is 2.12. The Morgan fingerprint density at radius 2 is 1.94 bits per heavy atom. The average molecular weight is 236 g/mol. The number of rotatable bonds is 2. The third-order valence-electron chi connectivity index (χ3n) is 3.47. The van der Waals surface area contributed by atoms with Crippen LogP contribution in [0.15, 0.2) is 48.8 Å². The molecule has 90 valence electrons. The Bertz CT molecular complexity index is 668. The van der Waals surface area contributed by atoms with Gasteiger partial charge in [-0.05, 0) is 29.7 Å². The molecule has 0 amide bonds. The van der Waals surface area contributed by atoms with Crippen LogP contribution in [0.25, 0.3) is 11.0 Å². The molecule has 0 saturated heterocycles. The number of hydrogen-bond donors (Lipinski definition) is 1. The van der Waals surface area contributed by atoms with E-state index < -0.39 is 0 Å². The zero-order valence-electron chi connectivity index (χ0n) is 10.6. The molecule has 2 nitrogen and oxygen atoms in total. The monoisotopic (exact) mass is 236 g/mol. The predicted molar refractivity (Wildman–Crippen MR) is 74.8 cm³/mol. The minimum atomic E-state index is 0.378. The van der Waals surface area contributed by atoms with Crippen molar-refractivity contribution in [3.05, 3.63) is 65.5 Å². The molecule has 1 atom stereocenters. The lowest BCUT2D eigenvalue weighted by Crippen LogP contribution is -1.94. The number of aromatic amines is 1. The number of fused-ring (bicyclic) bond motifs is 1. The number of pyridine rings is 1. The van der Waals surface area contributed by atoms with E-state index >= 15 is 0 Å². The van der Waals surface area contributed by atoms with Crippen molar-refractivity contribution in [1.29, 1.82) is 0 Å². The molecule has 3 rings (SSSR count). The Hall–Kier alpha value is -2.09. The van der Waals surface area contributed by atoms with Crippen LogP contribution in [0.1, 0.15) is 29.5 Å². The van der Waals surface area contributed by atoms with Gasteiger partial charge in [-0.1, -0.05) is 37.3 Å². The maximum absolute atomic E-state index is 4.42. The lowest BCUT2D eigenvalue weighted by atomic mass is 9.93. The first-order chi connectivity index (χ1) is 8.75. The van der Waals surface area contributed by atoms with Crippen molar-refractivity contribution >= 4 is 11.0 Å². The second-order valence-electron chi connectivity index (χ2n) is 4.79. The average Bonchev–Trinajstić information content (AvgIpc) is 2.82. The lowest BCUT2D eigenvalue weighted by Gasteiger charge is -2.10. The molecule has 0 bridgehead atoms. The number of aromatic nitrogens is 2. The van der Waals surface area contributed by atoms with E-state index in [0.717, 1.165) is 5.65 Å². The summed E-state index contributed by atoms with van der Waals surface area (Å²) in [4.78, 5) is 7.68. The normalized spacial score (nSPS) is 12.8. The van der Waals surface area contributed by atoms with E-state index in [1.807, 2.05) is 6.20 Å². The summed E-state index contributed by atoms with van der Waals surface area (Å²) in [6.45, 7) is 4.32. The van der Waals surface area contributed by atoms with Crippen LogP contribution < -0.4 is 0 Å². The summed E-state index contributed by atoms with van der Waals surface area (Å²) in [7, 11) is 0. The van der Waals surface area contributed by atoms with E-state index in [9.17, 15) is 0 Å². The van der Waals surface area contributed by atoms with Gasteiger partial charge in [-0.3, -0.25) is 0 Å². The second kappa shape index (κ2) is 4.30. The Morgan fingerprint density at radius 3 is 2.72 bits per heavy atom. The van der Waals surface area contributed by atoms with Crippen molar-refractivity contribution in [3.63, 3.8) is 0 Å². The smallest absolute Gasteiger partial charge is 0.137 e. The van der Waals surface area contributed by atoms with Gasteiger partial charge in [0.25, 0.3) is 0 Å². The molecule has 2 heteroatoms. The minimum absolute atomic E-state index is 0.378. The molecule has 0 aliphatic carbocycles. The Kier molecular flexibility index (Phi) is 2.63. The maximum Gasteiger partial charge on any atom is 0.137 e. The molecule has 0 aliphatic rings. The van der Waals surface area contributed by atoms with Gasteiger partial charge in [0, 0.05) is 23.7 Å². The van der Waals surface area contributed by atoms with Crippen LogP contribution >= 0.6 is 0 Å². The van der Waals surface area contributed by atoms with Crippen molar-refractivity contribution in [2.75, 3.05) is 0 Å². The number of H-pyrrole nitrogens is 1. The fourth-order valence-corrected chi connectivity index (χ4v) is 2.41. The first kappa shape index (κ1) is 11.0. The number of aryl methyl sites for hydroxylation is 1. The molecule has 0 unspecified atom stereocenters. The SMILES string of the molecule is Cc1cnc2[nH]cc([C@@H](C)c3ccccc3)c2c1. The van der Waals surface area contributed by atoms with Crippen LogP contribution in [0.2, 0.25) is 0 Å². The van der Waals surface area contributed by atoms with Crippen molar-refractivity contribution in [3.8, 4) is 0 Å². The summed E-state index contributed by atoms with van der Waals surface area (Å²) >= 11 is 0. The molecular weight excluding hydrogens is 220 g/mol. The van der Waals surface area contributed by atoms with Crippen LogP contribution in [0.4, 0.5) is 0 Å². The molecule has 0 fully saturated rings. The van der Waals surface area contributed by atoms with Crippen molar-refractivity contribution in [2.45, 2.75) is 19.8 Å². The number of nitrogens with one attached hydrogen (secondary N) is 1. The summed E-state index contributed by atoms with van der Waals surface area (Å²) in [5.74, 6) is 0.378. The summed E-state index contributed by atoms with van der Waals surface area (Å²) in [5, 5.41) is 1.23. The zero-order chi connectivity index (χ0) is 12.5. The molecular formula is C16H16N2. The van der Waals surface area contributed by atoms with Gasteiger partial charge in [0.1, 0.15) is 5.65 Å². The van der Waals surface area contributed by atoms with Gasteiger partial charge in [0.15, 0.2) is 0 Å². The molecule has 1 aromatic carbocycles. The second-order valence-corrected chi connectivity index (χ2v) is 4.79. The van der Waals surface area contributed by atoms with E-state index in [-0.39, 0.29) is 0 Å². The highest BCUT2D eigenvalue weighted by Crippen LogP contribution is 2.29. The molecule has 3 aromatic rings. The van der Waals surface area contributed by atoms with Crippen LogP contribution in [-0.4, -0.2) is 9.97 Å². The fraction of sp³-hybridized carbons (Fsp3) is 0.188. The fourth-order valence-electron chi connectivity index (χ4n) is 2.41. The highest BCUT2D eigenvalue weighted by Gasteiger charge is 2.13. The van der Waals surface area contributed by atoms with Gasteiger partial charge in [0.2, 0.25) is 0 Å². The predicted octanol–water partition coefficient (Wildman–Crippen LogP) is 4.02. The van der Waals surface area contributed by atoms with E-state index in [2.05, 4.69) is 66.4 Å². The quantitative estimate of drug-likeness (QED) is 0.715. The van der Waals surface area contributed by atoms with Crippen molar-refractivity contribution < 1.29 is 0 Å². The molecule has 18 heavy (non-hydrogen) atoms. The number of hydrogen-bond acceptors (Lipinski definition) is 1. The maximum atomic E-state index is 4.42. The Morgan fingerprint density at radius 1 is 1.17 bits per heavy atom. The zero-order valence-corrected chi connectivity index (χ0v) is 10.6. The molecule has 0 saturated carbocycles. The largest absolute Gasteiger partial charge is 0.346 e. The van der Waals surface area contributed by atoms with Gasteiger partial charge in [-0.25, -0.2) is 4.98 Å². The first-order valence-electron chi connectivity index (χ1n) is 6.24. The molecule has 1 N–H and O–H groups in total. The number of nitrogens with zero attached hydrogens (tertiary/aromatic N) is 1. The molecule has 2 aromatic heterocycles. The third-order valence-corrected chi connectivity index (χ3v) is 3.47. The van der Waals surface area contributed by atoms with Gasteiger partial charge in [-0.2, -0.15) is 0 Å². The molecule has 0 spiro atoms. The van der Waals surface area contributed by atoms with Crippen molar-refractivity contribution in [2.24, 2.45) is 0 Å². The van der Waals surface area contributed by atoms with Crippen LogP contribution in [-0.2, 0) is 0 Å². The van der Waals surface area contributed by atoms with E-state index in [1.54, 1.807) is 0 Å². The summed E-state index contributed by atoms with van der Waals surface area (Å²) in [6, 6.07) is 12.8. The highest BCUT2D eigenvalue weighted by atomic mass is 14.8. The highest BCUT2D eigenvalue weighted by molar-refractivity contribution is 5.81. The van der Waals surface area contributed by atoms with Gasteiger partial charge < -0.3 is 4.98 Å². The molecule has 2 heterocycles. The van der Waals surface area contributed by atoms with E-state index in [1.165, 1.54) is 22.1 Å². The summed E-state index contributed by atoms with van der Waals surface area (Å²) in [5.41, 5.74) is 4.81. The van der Waals surface area contributed by atoms with E-state index in [0.29, 0.717) is 5.92 Å². The standard InChI is InChI=1S/C16H16N2/c1-11-8-14-15(10-18-16(14)17-9-11)12(2)13-6-4-3-5-7-13/h3-10,12H,1-2H3,(H,17,18)/t12-/m0/s1. The minimum Gasteiger partial charge on any atom is -0.346 e. The molecule has 0 aliphatic heterocycles. The summed E-state index contributed by atoms with van der Waals surface area (Å²) < 4.78 is 0. The van der Waals surface area contributed by atoms with Gasteiger partial charge >= 0.3 is 0 Å². The van der Waals surface area contributed by atoms with Crippen LogP contribution in [0.5, 0.6) is 0 Å². The molecule has 0 radical (unpaired) electrons. The van der Waals surface area contributed by atoms with E-state index in [4.69, 9.17) is 0 Å². The lowest BCUT2D eigenvalue weighted by molar-refractivity contribution is 0.932. The topological polar surface area (TPSA) is 28.7 Å². The van der Waals surface area contributed by atoms with Gasteiger partial charge in [0.05, 0.1) is 0 Å². The Labute approximate surface area is 107 Å². The van der Waals surface area contributed by atoms with Crippen LogP contribution in [0.3, 0.4) is 0 Å². The summed E-state index contributed by atoms with van der Waals surface area (Å²) in [6.07, 6.45) is 3.98.